The molecule has 0 aromatic carbocycles. The lowest BCUT2D eigenvalue weighted by atomic mass is 10.1. The summed E-state index contributed by atoms with van der Waals surface area (Å²) < 4.78 is 1.80. The highest BCUT2D eigenvalue weighted by atomic mass is 16.2. The lowest BCUT2D eigenvalue weighted by molar-refractivity contribution is -0.122. The van der Waals surface area contributed by atoms with E-state index in [1.54, 1.807) is 21.7 Å². The summed E-state index contributed by atoms with van der Waals surface area (Å²) in [4.78, 5) is 21.5. The number of amides is 1. The van der Waals surface area contributed by atoms with Gasteiger partial charge in [0.15, 0.2) is 0 Å². The third-order valence-corrected chi connectivity index (χ3v) is 5.53. The molecule has 152 valence electrons. The molecule has 0 radical (unpaired) electrons. The first kappa shape index (κ1) is 18.6. The van der Waals surface area contributed by atoms with Crippen molar-refractivity contribution < 1.29 is 4.79 Å². The number of nitrogens with one attached hydrogen (secondary N) is 1. The molecule has 3 aliphatic rings. The van der Waals surface area contributed by atoms with E-state index in [1.165, 1.54) is 0 Å². The summed E-state index contributed by atoms with van der Waals surface area (Å²) in [6.07, 6.45) is 17.2. The average Bonchev–Trinajstić information content (AvgIpc) is 3.14. The highest BCUT2D eigenvalue weighted by Gasteiger charge is 2.23. The zero-order chi connectivity index (χ0) is 20.7. The van der Waals surface area contributed by atoms with Gasteiger partial charge < -0.3 is 10.2 Å². The molecule has 0 aliphatic carbocycles. The van der Waals surface area contributed by atoms with Gasteiger partial charge in [0, 0.05) is 49.2 Å². The van der Waals surface area contributed by atoms with Crippen LogP contribution in [0.3, 0.4) is 0 Å². The van der Waals surface area contributed by atoms with E-state index in [9.17, 15) is 4.79 Å². The van der Waals surface area contributed by atoms with E-state index in [0.717, 1.165) is 53.5 Å². The number of aromatic nitrogens is 3. The number of hydrogen-bond acceptors (Lipinski definition) is 5. The van der Waals surface area contributed by atoms with E-state index < -0.39 is 0 Å². The Balaban J connectivity index is 1.47. The number of hydrogen-bond donors (Lipinski definition) is 1. The van der Waals surface area contributed by atoms with E-state index >= 15 is 0 Å². The van der Waals surface area contributed by atoms with Gasteiger partial charge in [-0.3, -0.25) is 14.7 Å². The molecule has 2 aromatic rings. The zero-order valence-electron chi connectivity index (χ0n) is 17.1. The van der Waals surface area contributed by atoms with Crippen LogP contribution < -0.4 is 5.32 Å². The van der Waals surface area contributed by atoms with Crippen molar-refractivity contribution in [3.8, 4) is 0 Å². The Bertz CT molecular complexity index is 1170. The van der Waals surface area contributed by atoms with Crippen LogP contribution in [0.25, 0.3) is 11.1 Å². The van der Waals surface area contributed by atoms with Crippen LogP contribution in [0.5, 0.6) is 0 Å². The van der Waals surface area contributed by atoms with Crippen molar-refractivity contribution in [1.82, 2.24) is 29.7 Å². The Morgan fingerprint density at radius 2 is 2.07 bits per heavy atom. The van der Waals surface area contributed by atoms with Crippen LogP contribution in [0, 0.1) is 6.92 Å². The van der Waals surface area contributed by atoms with Crippen LogP contribution in [-0.2, 0) is 4.79 Å². The Hall–Kier alpha value is -3.45. The number of carbonyl (C=O) groups excluding carboxylic acids is 1. The normalized spacial score (nSPS) is 26.3. The van der Waals surface area contributed by atoms with E-state index in [0.29, 0.717) is 6.04 Å². The summed E-state index contributed by atoms with van der Waals surface area (Å²) in [7, 11) is 0. The third-order valence-electron chi connectivity index (χ3n) is 5.53. The van der Waals surface area contributed by atoms with Crippen LogP contribution in [0.2, 0.25) is 0 Å². The highest BCUT2D eigenvalue weighted by Crippen LogP contribution is 2.25. The summed E-state index contributed by atoms with van der Waals surface area (Å²) in [6.45, 7) is 6.90. The molecule has 2 aromatic heterocycles. The van der Waals surface area contributed by atoms with Crippen LogP contribution in [0.4, 0.5) is 0 Å². The number of piperazine rings is 1. The predicted molar refractivity (Wildman–Crippen MR) is 116 cm³/mol. The van der Waals surface area contributed by atoms with Crippen LogP contribution in [0.15, 0.2) is 72.5 Å². The van der Waals surface area contributed by atoms with Crippen molar-refractivity contribution in [3.05, 3.63) is 83.9 Å². The summed E-state index contributed by atoms with van der Waals surface area (Å²) in [5.74, 6) is -0.0861. The van der Waals surface area contributed by atoms with Gasteiger partial charge in [-0.25, -0.2) is 4.52 Å². The largest absolute Gasteiger partial charge is 0.368 e. The molecule has 5 heterocycles. The first-order valence-corrected chi connectivity index (χ1v) is 10.2. The topological polar surface area (TPSA) is 65.8 Å². The number of rotatable bonds is 2. The summed E-state index contributed by atoms with van der Waals surface area (Å²) in [5, 5.41) is 8.08. The lowest BCUT2D eigenvalue weighted by Crippen LogP contribution is -2.48. The molecule has 0 unspecified atom stereocenters. The minimum absolute atomic E-state index is 0.0861. The van der Waals surface area contributed by atoms with Crippen molar-refractivity contribution in [1.29, 1.82) is 0 Å². The molecule has 5 rings (SSSR count). The summed E-state index contributed by atoms with van der Waals surface area (Å²) in [6, 6.07) is 2.37. The molecule has 3 aliphatic heterocycles. The molecule has 1 saturated heterocycles. The van der Waals surface area contributed by atoms with E-state index in [-0.39, 0.29) is 5.91 Å². The Kier molecular flexibility index (Phi) is 4.59. The van der Waals surface area contributed by atoms with Gasteiger partial charge in [0.2, 0.25) is 0 Å². The second kappa shape index (κ2) is 7.42. The molecule has 0 saturated carbocycles. The average molecular weight is 400 g/mol. The minimum atomic E-state index is -0.0861. The molecular weight excluding hydrogens is 376 g/mol. The fourth-order valence-electron chi connectivity index (χ4n) is 3.97. The molecule has 7 heteroatoms. The molecule has 1 atom stereocenters. The maximum atomic E-state index is 13.2. The van der Waals surface area contributed by atoms with Crippen molar-refractivity contribution in [2.45, 2.75) is 19.9 Å². The summed E-state index contributed by atoms with van der Waals surface area (Å²) in [5.41, 5.74) is 5.22. The second-order valence-electron chi connectivity index (χ2n) is 7.87. The van der Waals surface area contributed by atoms with Crippen molar-refractivity contribution in [2.75, 3.05) is 19.6 Å². The van der Waals surface area contributed by atoms with Gasteiger partial charge in [-0.05, 0) is 38.1 Å². The van der Waals surface area contributed by atoms with E-state index in [2.05, 4.69) is 33.3 Å². The van der Waals surface area contributed by atoms with Gasteiger partial charge in [-0.1, -0.05) is 12.2 Å². The lowest BCUT2D eigenvalue weighted by Gasteiger charge is -2.36. The quantitative estimate of drug-likeness (QED) is 0.839. The van der Waals surface area contributed by atoms with Gasteiger partial charge in [-0.15, -0.1) is 0 Å². The van der Waals surface area contributed by atoms with Gasteiger partial charge in [-0.2, -0.15) is 5.10 Å². The monoisotopic (exact) mass is 400 g/mol. The van der Waals surface area contributed by atoms with E-state index in [1.807, 2.05) is 49.7 Å². The molecular formula is C23H24N6O. The summed E-state index contributed by atoms with van der Waals surface area (Å²) >= 11 is 0. The third kappa shape index (κ3) is 3.48. The predicted octanol–water partition coefficient (Wildman–Crippen LogP) is 2.41. The SMILES string of the molecule is Cc1cn2nc(C3=C\C(=O)N4C=C(N5CCN[C@H](C)C5)C=C\C4=C/C=C/3)cc2cn1. The van der Waals surface area contributed by atoms with Crippen molar-refractivity contribution in [3.63, 3.8) is 0 Å². The fraction of sp³-hybridized carbons (Fsp3) is 0.261. The van der Waals surface area contributed by atoms with Gasteiger partial charge >= 0.3 is 0 Å². The first-order chi connectivity index (χ1) is 14.6. The van der Waals surface area contributed by atoms with Crippen LogP contribution in [-0.4, -0.2) is 56.0 Å². The number of carbonyl (C=O) groups is 1. The maximum absolute atomic E-state index is 13.2. The highest BCUT2D eigenvalue weighted by molar-refractivity contribution is 5.99. The number of allylic oxidation sites excluding steroid dienone is 6. The number of fused-ring (bicyclic) bond motifs is 2. The van der Waals surface area contributed by atoms with Gasteiger partial charge in [0.05, 0.1) is 35.0 Å². The first-order valence-electron chi connectivity index (χ1n) is 10.2. The van der Waals surface area contributed by atoms with Gasteiger partial charge in [0.25, 0.3) is 5.91 Å². The van der Waals surface area contributed by atoms with Crippen LogP contribution in [0.1, 0.15) is 18.3 Å². The Morgan fingerprint density at radius 1 is 1.20 bits per heavy atom. The van der Waals surface area contributed by atoms with Crippen molar-refractivity contribution >= 4 is 17.0 Å². The molecule has 30 heavy (non-hydrogen) atoms. The molecule has 1 fully saturated rings. The number of nitrogens with zero attached hydrogens (tertiary/aromatic N) is 5. The molecule has 0 spiro atoms. The second-order valence-corrected chi connectivity index (χ2v) is 7.87. The molecule has 7 nitrogen and oxygen atoms in total. The standard InChI is InChI=1S/C23H24N6O/c1-16-13-27(9-8-24-16)20-7-6-19-5-3-4-18(10-23(30)28(19)15-20)22-11-21-12-25-17(2)14-29(21)26-22/h3-7,10-12,14-16,24H,8-9,13H2,1-2H3/b4-3+,18-10+,19-5+/t16-/m1/s1. The Morgan fingerprint density at radius 3 is 2.93 bits per heavy atom. The maximum Gasteiger partial charge on any atom is 0.255 e. The van der Waals surface area contributed by atoms with Crippen molar-refractivity contribution in [2.24, 2.45) is 0 Å². The van der Waals surface area contributed by atoms with E-state index in [4.69, 9.17) is 0 Å². The number of aryl methyl sites for hydroxylation is 1. The van der Waals surface area contributed by atoms with Crippen LogP contribution >= 0.6 is 0 Å². The molecule has 1 N–H and O–H groups in total. The molecule has 0 bridgehead atoms. The van der Waals surface area contributed by atoms with Gasteiger partial charge in [0.1, 0.15) is 0 Å². The Labute approximate surface area is 175 Å². The minimum Gasteiger partial charge on any atom is -0.368 e. The molecule has 1 amide bonds. The fourth-order valence-corrected chi connectivity index (χ4v) is 3.97. The smallest absolute Gasteiger partial charge is 0.255 e. The zero-order valence-corrected chi connectivity index (χ0v) is 17.1.